The van der Waals surface area contributed by atoms with Crippen molar-refractivity contribution in [2.75, 3.05) is 41.0 Å². The molecule has 0 aliphatic heterocycles. The maximum Gasteiger partial charge on any atom is 0.161 e. The van der Waals surface area contributed by atoms with E-state index in [1.807, 2.05) is 30.1 Å². The normalized spacial score (nSPS) is 12.6. The zero-order valence-corrected chi connectivity index (χ0v) is 11.8. The van der Waals surface area contributed by atoms with Crippen LogP contribution in [-0.2, 0) is 0 Å². The summed E-state index contributed by atoms with van der Waals surface area (Å²) in [7, 11) is 5.12. The fraction of sp³-hybridized carbons (Fsp3) is 0.538. The Morgan fingerprint density at radius 2 is 1.94 bits per heavy atom. The minimum absolute atomic E-state index is 0.131. The first-order valence-electron chi connectivity index (χ1n) is 5.77. The van der Waals surface area contributed by atoms with Gasteiger partial charge in [-0.3, -0.25) is 0 Å². The summed E-state index contributed by atoms with van der Waals surface area (Å²) < 4.78 is 10.4. The van der Waals surface area contributed by atoms with Gasteiger partial charge < -0.3 is 19.5 Å². The van der Waals surface area contributed by atoms with Crippen LogP contribution in [0.4, 0.5) is 0 Å². The molecule has 0 aliphatic carbocycles. The molecule has 1 rings (SSSR count). The zero-order chi connectivity index (χ0) is 13.5. The summed E-state index contributed by atoms with van der Waals surface area (Å²) in [6.07, 6.45) is 0. The third-order valence-corrected chi connectivity index (χ3v) is 3.11. The van der Waals surface area contributed by atoms with E-state index in [4.69, 9.17) is 26.2 Å². The lowest BCUT2D eigenvalue weighted by Gasteiger charge is -2.20. The summed E-state index contributed by atoms with van der Waals surface area (Å²) in [5.41, 5.74) is 0.971. The molecule has 0 spiro atoms. The van der Waals surface area contributed by atoms with Crippen molar-refractivity contribution in [2.45, 2.75) is 5.38 Å². The minimum atomic E-state index is -0.152. The number of methoxy groups -OCH3 is 2. The Morgan fingerprint density at radius 1 is 1.28 bits per heavy atom. The Labute approximate surface area is 113 Å². The van der Waals surface area contributed by atoms with Crippen LogP contribution in [0.2, 0.25) is 0 Å². The average Bonchev–Trinajstić information content (AvgIpc) is 2.38. The largest absolute Gasteiger partial charge is 0.493 e. The van der Waals surface area contributed by atoms with Crippen LogP contribution in [0.1, 0.15) is 10.9 Å². The molecular weight excluding hydrogens is 254 g/mol. The molecule has 0 bridgehead atoms. The van der Waals surface area contributed by atoms with Crippen molar-refractivity contribution in [2.24, 2.45) is 0 Å². The number of hydrogen-bond acceptors (Lipinski definition) is 4. The highest BCUT2D eigenvalue weighted by Gasteiger charge is 2.13. The average molecular weight is 274 g/mol. The van der Waals surface area contributed by atoms with Crippen molar-refractivity contribution in [3.8, 4) is 11.5 Å². The van der Waals surface area contributed by atoms with Gasteiger partial charge in [-0.05, 0) is 24.7 Å². The van der Waals surface area contributed by atoms with E-state index in [2.05, 4.69) is 0 Å². The van der Waals surface area contributed by atoms with Crippen molar-refractivity contribution in [3.63, 3.8) is 0 Å². The molecule has 0 aliphatic rings. The quantitative estimate of drug-likeness (QED) is 0.771. The molecule has 0 aromatic heterocycles. The van der Waals surface area contributed by atoms with Crippen molar-refractivity contribution in [1.29, 1.82) is 0 Å². The predicted octanol–water partition coefficient (Wildman–Crippen LogP) is 1.91. The van der Waals surface area contributed by atoms with Gasteiger partial charge in [0.05, 0.1) is 26.2 Å². The van der Waals surface area contributed by atoms with Gasteiger partial charge in [0.1, 0.15) is 0 Å². The first kappa shape index (κ1) is 15.1. The van der Waals surface area contributed by atoms with Crippen LogP contribution in [-0.4, -0.2) is 51.0 Å². The van der Waals surface area contributed by atoms with Gasteiger partial charge in [0.25, 0.3) is 0 Å². The molecule has 0 radical (unpaired) electrons. The second-order valence-corrected chi connectivity index (χ2v) is 4.59. The molecule has 4 nitrogen and oxygen atoms in total. The molecule has 1 atom stereocenters. The summed E-state index contributed by atoms with van der Waals surface area (Å²) in [5, 5.41) is 8.70. The molecule has 5 heteroatoms. The van der Waals surface area contributed by atoms with E-state index in [9.17, 15) is 0 Å². The van der Waals surface area contributed by atoms with Crippen LogP contribution < -0.4 is 9.47 Å². The summed E-state index contributed by atoms with van der Waals surface area (Å²) >= 11 is 6.34. The Balaban J connectivity index is 2.76. The number of nitrogens with zero attached hydrogens (tertiary/aromatic N) is 1. The third-order valence-electron chi connectivity index (χ3n) is 2.72. The number of aliphatic hydroxyl groups excluding tert-OH is 1. The lowest BCUT2D eigenvalue weighted by atomic mass is 10.1. The third kappa shape index (κ3) is 4.05. The van der Waals surface area contributed by atoms with E-state index >= 15 is 0 Å². The number of rotatable bonds is 7. The topological polar surface area (TPSA) is 41.9 Å². The molecule has 0 amide bonds. The second kappa shape index (κ2) is 7.46. The highest BCUT2D eigenvalue weighted by Crippen LogP contribution is 2.32. The van der Waals surface area contributed by atoms with E-state index in [1.54, 1.807) is 14.2 Å². The van der Waals surface area contributed by atoms with Gasteiger partial charge in [-0.25, -0.2) is 0 Å². The number of ether oxygens (including phenoxy) is 2. The SMILES string of the molecule is COc1ccc(C(Cl)CN(C)CCO)cc1OC. The lowest BCUT2D eigenvalue weighted by Crippen LogP contribution is -2.25. The van der Waals surface area contributed by atoms with Crippen molar-refractivity contribution in [3.05, 3.63) is 23.8 Å². The minimum Gasteiger partial charge on any atom is -0.493 e. The van der Waals surface area contributed by atoms with Crippen LogP contribution >= 0.6 is 11.6 Å². The molecule has 1 unspecified atom stereocenters. The standard InChI is InChI=1S/C13H20ClNO3/c1-15(6-7-16)9-11(14)10-4-5-12(17-2)13(8-10)18-3/h4-5,8,11,16H,6-7,9H2,1-3H3. The first-order valence-corrected chi connectivity index (χ1v) is 6.21. The van der Waals surface area contributed by atoms with Gasteiger partial charge in [0, 0.05) is 13.1 Å². The zero-order valence-electron chi connectivity index (χ0n) is 11.0. The molecular formula is C13H20ClNO3. The van der Waals surface area contributed by atoms with Crippen molar-refractivity contribution >= 4 is 11.6 Å². The first-order chi connectivity index (χ1) is 8.62. The Hall–Kier alpha value is -0.970. The summed E-state index contributed by atoms with van der Waals surface area (Å²) in [6.45, 7) is 1.40. The van der Waals surface area contributed by atoms with Gasteiger partial charge in [0.2, 0.25) is 0 Å². The van der Waals surface area contributed by atoms with Crippen molar-refractivity contribution < 1.29 is 14.6 Å². The fourth-order valence-electron chi connectivity index (χ4n) is 1.69. The van der Waals surface area contributed by atoms with Crippen LogP contribution in [0, 0.1) is 0 Å². The lowest BCUT2D eigenvalue weighted by molar-refractivity contribution is 0.221. The Kier molecular flexibility index (Phi) is 6.25. The number of likely N-dealkylation sites (N-methyl/N-ethyl adjacent to an activating group) is 1. The van der Waals surface area contributed by atoms with Gasteiger partial charge in [-0.1, -0.05) is 6.07 Å². The summed E-state index contributed by atoms with van der Waals surface area (Å²) in [6, 6.07) is 5.64. The van der Waals surface area contributed by atoms with Gasteiger partial charge in [0.15, 0.2) is 11.5 Å². The maximum absolute atomic E-state index is 8.85. The van der Waals surface area contributed by atoms with Gasteiger partial charge in [-0.2, -0.15) is 0 Å². The van der Waals surface area contributed by atoms with Crippen LogP contribution in [0.5, 0.6) is 11.5 Å². The van der Waals surface area contributed by atoms with E-state index in [-0.39, 0.29) is 12.0 Å². The summed E-state index contributed by atoms with van der Waals surface area (Å²) in [5.74, 6) is 1.36. The van der Waals surface area contributed by atoms with Crippen LogP contribution in [0.3, 0.4) is 0 Å². The van der Waals surface area contributed by atoms with E-state index in [0.717, 1.165) is 5.56 Å². The van der Waals surface area contributed by atoms with Crippen LogP contribution in [0.15, 0.2) is 18.2 Å². The number of hydrogen-bond donors (Lipinski definition) is 1. The second-order valence-electron chi connectivity index (χ2n) is 4.07. The molecule has 1 N–H and O–H groups in total. The highest BCUT2D eigenvalue weighted by atomic mass is 35.5. The highest BCUT2D eigenvalue weighted by molar-refractivity contribution is 6.21. The summed E-state index contributed by atoms with van der Waals surface area (Å²) in [4.78, 5) is 1.98. The Bertz CT molecular complexity index is 373. The molecule has 1 aromatic carbocycles. The van der Waals surface area contributed by atoms with E-state index < -0.39 is 0 Å². The predicted molar refractivity (Wildman–Crippen MR) is 72.7 cm³/mol. The van der Waals surface area contributed by atoms with Gasteiger partial charge in [-0.15, -0.1) is 11.6 Å². The van der Waals surface area contributed by atoms with Gasteiger partial charge >= 0.3 is 0 Å². The number of halogens is 1. The fourth-order valence-corrected chi connectivity index (χ4v) is 2.06. The molecule has 0 saturated heterocycles. The molecule has 1 aromatic rings. The Morgan fingerprint density at radius 3 is 2.50 bits per heavy atom. The van der Waals surface area contributed by atoms with E-state index in [1.165, 1.54) is 0 Å². The number of benzene rings is 1. The maximum atomic E-state index is 8.85. The molecule has 0 saturated carbocycles. The molecule has 102 valence electrons. The molecule has 0 heterocycles. The number of aliphatic hydroxyl groups is 1. The van der Waals surface area contributed by atoms with Crippen LogP contribution in [0.25, 0.3) is 0 Å². The van der Waals surface area contributed by atoms with E-state index in [0.29, 0.717) is 24.6 Å². The molecule has 18 heavy (non-hydrogen) atoms. The smallest absolute Gasteiger partial charge is 0.161 e. The number of alkyl halides is 1. The molecule has 0 fully saturated rings. The van der Waals surface area contributed by atoms with Crippen molar-refractivity contribution in [1.82, 2.24) is 4.90 Å². The monoisotopic (exact) mass is 273 g/mol.